The molecular formula is C9H9O2. The number of carbonyl (C=O) groups is 1. The van der Waals surface area contributed by atoms with Crippen LogP contribution in [-0.4, -0.2) is 5.97 Å². The van der Waals surface area contributed by atoms with E-state index in [2.05, 4.69) is 11.8 Å². The third kappa shape index (κ3) is 2.42. The monoisotopic (exact) mass is 149 g/mol. The van der Waals surface area contributed by atoms with E-state index in [4.69, 9.17) is 0 Å². The summed E-state index contributed by atoms with van der Waals surface area (Å²) < 4.78 is 4.27. The van der Waals surface area contributed by atoms with Crippen LogP contribution in [0.3, 0.4) is 0 Å². The molecule has 2 heteroatoms. The van der Waals surface area contributed by atoms with Gasteiger partial charge in [0.1, 0.15) is 7.11 Å². The van der Waals surface area contributed by atoms with Crippen LogP contribution in [-0.2, 0) is 16.0 Å². The first-order chi connectivity index (χ1) is 5.33. The predicted molar refractivity (Wildman–Crippen MR) is 41.6 cm³/mol. The molecule has 11 heavy (non-hydrogen) atoms. The second kappa shape index (κ2) is 3.76. The van der Waals surface area contributed by atoms with Crippen LogP contribution < -0.4 is 0 Å². The topological polar surface area (TPSA) is 26.3 Å². The molecule has 1 aromatic rings. The maximum absolute atomic E-state index is 10.7. The van der Waals surface area contributed by atoms with Gasteiger partial charge < -0.3 is 4.74 Å². The molecule has 2 nitrogen and oxygen atoms in total. The van der Waals surface area contributed by atoms with Gasteiger partial charge in [0.15, 0.2) is 0 Å². The Kier molecular flexibility index (Phi) is 2.66. The molecule has 0 aromatic heterocycles. The second-order valence-corrected chi connectivity index (χ2v) is 2.18. The van der Waals surface area contributed by atoms with Crippen LogP contribution in [0.5, 0.6) is 0 Å². The van der Waals surface area contributed by atoms with Crippen LogP contribution in [0.15, 0.2) is 30.3 Å². The quantitative estimate of drug-likeness (QED) is 0.596. The summed E-state index contributed by atoms with van der Waals surface area (Å²) in [5.74, 6) is -0.309. The lowest BCUT2D eigenvalue weighted by Gasteiger charge is -1.97. The van der Waals surface area contributed by atoms with Gasteiger partial charge in [-0.1, -0.05) is 30.3 Å². The lowest BCUT2D eigenvalue weighted by molar-refractivity contribution is -0.137. The molecule has 0 heterocycles. The third-order valence-electron chi connectivity index (χ3n) is 1.35. The molecule has 0 bridgehead atoms. The Morgan fingerprint density at radius 2 is 2.00 bits per heavy atom. The van der Waals surface area contributed by atoms with Crippen molar-refractivity contribution in [2.45, 2.75) is 6.42 Å². The van der Waals surface area contributed by atoms with Gasteiger partial charge in [0.05, 0.1) is 6.42 Å². The van der Waals surface area contributed by atoms with Gasteiger partial charge in [-0.05, 0) is 5.56 Å². The van der Waals surface area contributed by atoms with E-state index >= 15 is 0 Å². The molecule has 1 rings (SSSR count). The van der Waals surface area contributed by atoms with E-state index in [0.29, 0.717) is 6.42 Å². The van der Waals surface area contributed by atoms with Crippen molar-refractivity contribution in [3.63, 3.8) is 0 Å². The SMILES string of the molecule is [CH2]OC(=O)Cc1ccccc1. The number of benzene rings is 1. The van der Waals surface area contributed by atoms with Crippen LogP contribution in [0, 0.1) is 7.11 Å². The summed E-state index contributed by atoms with van der Waals surface area (Å²) >= 11 is 0. The van der Waals surface area contributed by atoms with Crippen molar-refractivity contribution < 1.29 is 9.53 Å². The number of carbonyl (C=O) groups excluding carboxylic acids is 1. The molecule has 0 atom stereocenters. The summed E-state index contributed by atoms with van der Waals surface area (Å²) in [6.45, 7) is 0. The summed E-state index contributed by atoms with van der Waals surface area (Å²) in [6, 6.07) is 9.41. The normalized spacial score (nSPS) is 9.18. The summed E-state index contributed by atoms with van der Waals surface area (Å²) in [6.07, 6.45) is 0.296. The summed E-state index contributed by atoms with van der Waals surface area (Å²) in [7, 11) is 3.03. The maximum atomic E-state index is 10.7. The Hall–Kier alpha value is -1.31. The number of hydrogen-bond donors (Lipinski definition) is 0. The number of esters is 1. The number of ether oxygens (including phenoxy) is 1. The molecule has 1 radical (unpaired) electrons. The molecule has 0 unspecified atom stereocenters. The first-order valence-electron chi connectivity index (χ1n) is 3.31. The molecule has 57 valence electrons. The van der Waals surface area contributed by atoms with E-state index in [0.717, 1.165) is 5.56 Å². The predicted octanol–water partition coefficient (Wildman–Crippen LogP) is 1.56. The summed E-state index contributed by atoms with van der Waals surface area (Å²) in [5.41, 5.74) is 0.946. The van der Waals surface area contributed by atoms with Gasteiger partial charge in [-0.2, -0.15) is 0 Å². The van der Waals surface area contributed by atoms with Gasteiger partial charge >= 0.3 is 5.97 Å². The molecule has 0 saturated heterocycles. The molecule has 0 saturated carbocycles. The minimum absolute atomic E-state index is 0.296. The fourth-order valence-corrected chi connectivity index (χ4v) is 0.814. The molecule has 0 aliphatic heterocycles. The summed E-state index contributed by atoms with van der Waals surface area (Å²) in [4.78, 5) is 10.7. The fraction of sp³-hybridized carbons (Fsp3) is 0.111. The van der Waals surface area contributed by atoms with Crippen molar-refractivity contribution in [2.75, 3.05) is 0 Å². The van der Waals surface area contributed by atoms with Crippen LogP contribution in [0.1, 0.15) is 5.56 Å². The zero-order valence-electron chi connectivity index (χ0n) is 6.12. The third-order valence-corrected chi connectivity index (χ3v) is 1.35. The van der Waals surface area contributed by atoms with Crippen molar-refractivity contribution in [1.82, 2.24) is 0 Å². The molecule has 0 spiro atoms. The van der Waals surface area contributed by atoms with Gasteiger partial charge in [0, 0.05) is 0 Å². The van der Waals surface area contributed by atoms with E-state index in [9.17, 15) is 4.79 Å². The lowest BCUT2D eigenvalue weighted by atomic mass is 10.2. The highest BCUT2D eigenvalue weighted by Crippen LogP contribution is 1.99. The largest absolute Gasteiger partial charge is 0.462 e. The van der Waals surface area contributed by atoms with Crippen LogP contribution in [0.25, 0.3) is 0 Å². The molecule has 0 amide bonds. The number of hydrogen-bond acceptors (Lipinski definition) is 2. The highest BCUT2D eigenvalue weighted by atomic mass is 16.5. The van der Waals surface area contributed by atoms with Crippen molar-refractivity contribution in [3.05, 3.63) is 43.0 Å². The molecule has 0 aliphatic rings. The highest BCUT2D eigenvalue weighted by Gasteiger charge is 1.99. The van der Waals surface area contributed by atoms with Gasteiger partial charge in [-0.15, -0.1) is 0 Å². The average Bonchev–Trinajstić information content (AvgIpc) is 2.06. The average molecular weight is 149 g/mol. The van der Waals surface area contributed by atoms with Gasteiger partial charge in [0.2, 0.25) is 0 Å². The smallest absolute Gasteiger partial charge is 0.310 e. The van der Waals surface area contributed by atoms with Crippen molar-refractivity contribution in [2.24, 2.45) is 0 Å². The van der Waals surface area contributed by atoms with Gasteiger partial charge in [-0.3, -0.25) is 4.79 Å². The first-order valence-corrected chi connectivity index (χ1v) is 3.31. The minimum atomic E-state index is -0.309. The van der Waals surface area contributed by atoms with Crippen LogP contribution >= 0.6 is 0 Å². The number of rotatable bonds is 2. The zero-order valence-corrected chi connectivity index (χ0v) is 6.12. The Morgan fingerprint density at radius 1 is 1.36 bits per heavy atom. The molecule has 0 aliphatic carbocycles. The van der Waals surface area contributed by atoms with Crippen molar-refractivity contribution in [3.8, 4) is 0 Å². The maximum Gasteiger partial charge on any atom is 0.310 e. The Balaban J connectivity index is 2.58. The zero-order chi connectivity index (χ0) is 8.10. The molecular weight excluding hydrogens is 140 g/mol. The Labute approximate surface area is 65.8 Å². The second-order valence-electron chi connectivity index (χ2n) is 2.18. The van der Waals surface area contributed by atoms with Crippen LogP contribution in [0.2, 0.25) is 0 Å². The van der Waals surface area contributed by atoms with E-state index < -0.39 is 0 Å². The van der Waals surface area contributed by atoms with E-state index in [-0.39, 0.29) is 5.97 Å². The first kappa shape index (κ1) is 7.79. The molecule has 0 fully saturated rings. The van der Waals surface area contributed by atoms with Crippen LogP contribution in [0.4, 0.5) is 0 Å². The van der Waals surface area contributed by atoms with Gasteiger partial charge in [0.25, 0.3) is 0 Å². The minimum Gasteiger partial charge on any atom is -0.462 e. The molecule has 0 N–H and O–H groups in total. The molecule has 1 aromatic carbocycles. The fourth-order valence-electron chi connectivity index (χ4n) is 0.814. The van der Waals surface area contributed by atoms with E-state index in [1.807, 2.05) is 30.3 Å². The Morgan fingerprint density at radius 3 is 2.55 bits per heavy atom. The van der Waals surface area contributed by atoms with Gasteiger partial charge in [-0.25, -0.2) is 0 Å². The highest BCUT2D eigenvalue weighted by molar-refractivity contribution is 5.72. The summed E-state index contributed by atoms with van der Waals surface area (Å²) in [5, 5.41) is 0. The lowest BCUT2D eigenvalue weighted by Crippen LogP contribution is -2.02. The van der Waals surface area contributed by atoms with Crippen molar-refractivity contribution in [1.29, 1.82) is 0 Å². The standard InChI is InChI=1S/C9H9O2/c1-11-9(10)7-8-5-3-2-4-6-8/h2-6H,1,7H2. The van der Waals surface area contributed by atoms with Crippen molar-refractivity contribution >= 4 is 5.97 Å². The van der Waals surface area contributed by atoms with E-state index in [1.165, 1.54) is 0 Å². The Bertz CT molecular complexity index is 229. The van der Waals surface area contributed by atoms with E-state index in [1.54, 1.807) is 0 Å².